The van der Waals surface area contributed by atoms with E-state index < -0.39 is 0 Å². The van der Waals surface area contributed by atoms with Crippen molar-refractivity contribution < 1.29 is 9.59 Å². The zero-order valence-electron chi connectivity index (χ0n) is 11.9. The highest BCUT2D eigenvalue weighted by atomic mass is 35.5. The second kappa shape index (κ2) is 6.28. The number of hydrogen-bond acceptors (Lipinski definition) is 4. The Balaban J connectivity index is 1.86. The van der Waals surface area contributed by atoms with Crippen molar-refractivity contribution in [3.63, 3.8) is 0 Å². The van der Waals surface area contributed by atoms with E-state index in [2.05, 4.69) is 10.3 Å². The normalized spacial score (nSPS) is 10.7. The number of anilines is 1. The summed E-state index contributed by atoms with van der Waals surface area (Å²) in [5.41, 5.74) is 1.55. The molecule has 7 heteroatoms. The number of nitrogens with one attached hydrogen (secondary N) is 1. The Morgan fingerprint density at radius 1 is 1.00 bits per heavy atom. The number of aromatic nitrogens is 1. The van der Waals surface area contributed by atoms with Crippen molar-refractivity contribution in [1.82, 2.24) is 4.98 Å². The molecule has 0 spiro atoms. The molecule has 0 bridgehead atoms. The van der Waals surface area contributed by atoms with E-state index in [-0.39, 0.29) is 11.7 Å². The van der Waals surface area contributed by atoms with E-state index in [1.165, 1.54) is 18.3 Å². The van der Waals surface area contributed by atoms with Crippen LogP contribution in [0.25, 0.3) is 10.2 Å². The van der Waals surface area contributed by atoms with Gasteiger partial charge in [0.2, 0.25) is 0 Å². The highest BCUT2D eigenvalue weighted by Crippen LogP contribution is 2.36. The van der Waals surface area contributed by atoms with Crippen LogP contribution in [0.1, 0.15) is 27.6 Å². The van der Waals surface area contributed by atoms with Gasteiger partial charge in [0.1, 0.15) is 5.52 Å². The Morgan fingerprint density at radius 3 is 2.22 bits per heavy atom. The summed E-state index contributed by atoms with van der Waals surface area (Å²) in [7, 11) is 0. The van der Waals surface area contributed by atoms with E-state index in [9.17, 15) is 9.59 Å². The molecule has 1 aromatic heterocycles. The molecule has 2 aromatic carbocycles. The van der Waals surface area contributed by atoms with Crippen molar-refractivity contribution in [1.29, 1.82) is 0 Å². The fraction of sp³-hybridized carbons (Fsp3) is 0.0625. The highest BCUT2D eigenvalue weighted by molar-refractivity contribution is 7.23. The SMILES string of the molecule is CC(=O)c1ccc(C(=O)Nc2nc3c(Cl)ccc(Cl)c3s2)cc1. The van der Waals surface area contributed by atoms with E-state index in [1.807, 2.05) is 0 Å². The van der Waals surface area contributed by atoms with E-state index in [0.717, 1.165) is 4.70 Å². The summed E-state index contributed by atoms with van der Waals surface area (Å²) in [6.45, 7) is 1.48. The van der Waals surface area contributed by atoms with E-state index >= 15 is 0 Å². The number of carbonyl (C=O) groups excluding carboxylic acids is 2. The zero-order chi connectivity index (χ0) is 16.6. The molecule has 3 aromatic rings. The van der Waals surface area contributed by atoms with Crippen LogP contribution in [0.5, 0.6) is 0 Å². The first-order chi connectivity index (χ1) is 11.0. The lowest BCUT2D eigenvalue weighted by Gasteiger charge is -2.02. The number of ketones is 1. The highest BCUT2D eigenvalue weighted by Gasteiger charge is 2.14. The molecule has 0 radical (unpaired) electrons. The summed E-state index contributed by atoms with van der Waals surface area (Å²) in [4.78, 5) is 27.8. The lowest BCUT2D eigenvalue weighted by atomic mass is 10.1. The van der Waals surface area contributed by atoms with Crippen LogP contribution in [0.2, 0.25) is 10.0 Å². The molecule has 0 aliphatic heterocycles. The molecule has 4 nitrogen and oxygen atoms in total. The van der Waals surface area contributed by atoms with Gasteiger partial charge in [-0.3, -0.25) is 14.9 Å². The monoisotopic (exact) mass is 364 g/mol. The summed E-state index contributed by atoms with van der Waals surface area (Å²) in [5.74, 6) is -0.362. The minimum absolute atomic E-state index is 0.0487. The summed E-state index contributed by atoms with van der Waals surface area (Å²) in [6.07, 6.45) is 0. The molecule has 1 N–H and O–H groups in total. The fourth-order valence-electron chi connectivity index (χ4n) is 2.02. The number of nitrogens with zero attached hydrogens (tertiary/aromatic N) is 1. The van der Waals surface area contributed by atoms with E-state index in [1.54, 1.807) is 36.4 Å². The van der Waals surface area contributed by atoms with Crippen LogP contribution in [0.4, 0.5) is 5.13 Å². The minimum atomic E-state index is -0.314. The second-order valence-electron chi connectivity index (χ2n) is 4.81. The molecule has 0 saturated heterocycles. The van der Waals surface area contributed by atoms with Crippen LogP contribution < -0.4 is 5.32 Å². The van der Waals surface area contributed by atoms with Crippen molar-refractivity contribution in [2.24, 2.45) is 0 Å². The van der Waals surface area contributed by atoms with Gasteiger partial charge in [-0.2, -0.15) is 0 Å². The maximum Gasteiger partial charge on any atom is 0.257 e. The van der Waals surface area contributed by atoms with Gasteiger partial charge < -0.3 is 0 Å². The number of rotatable bonds is 3. The summed E-state index contributed by atoms with van der Waals surface area (Å²) >= 11 is 13.4. The van der Waals surface area contributed by atoms with Gasteiger partial charge >= 0.3 is 0 Å². The van der Waals surface area contributed by atoms with Crippen LogP contribution in [0.15, 0.2) is 36.4 Å². The molecule has 23 heavy (non-hydrogen) atoms. The van der Waals surface area contributed by atoms with Crippen LogP contribution >= 0.6 is 34.5 Å². The zero-order valence-corrected chi connectivity index (χ0v) is 14.2. The number of hydrogen-bond donors (Lipinski definition) is 1. The van der Waals surface area contributed by atoms with Gasteiger partial charge in [0.25, 0.3) is 5.91 Å². The maximum atomic E-state index is 12.2. The Morgan fingerprint density at radius 2 is 1.61 bits per heavy atom. The molecular formula is C16H10Cl2N2O2S. The number of carbonyl (C=O) groups is 2. The average Bonchev–Trinajstić information content (AvgIpc) is 2.96. The standard InChI is InChI=1S/C16H10Cl2N2O2S/c1-8(21)9-2-4-10(5-3-9)15(22)20-16-19-13-11(17)6-7-12(18)14(13)23-16/h2-7H,1H3,(H,19,20,22). The van der Waals surface area contributed by atoms with Crippen molar-refractivity contribution in [3.05, 3.63) is 57.6 Å². The fourth-order valence-corrected chi connectivity index (χ4v) is 3.44. The lowest BCUT2D eigenvalue weighted by Crippen LogP contribution is -2.11. The first-order valence-electron chi connectivity index (χ1n) is 6.62. The topological polar surface area (TPSA) is 59.1 Å². The molecule has 0 aliphatic rings. The molecule has 116 valence electrons. The Labute approximate surface area is 146 Å². The van der Waals surface area contributed by atoms with Gasteiger partial charge in [0.15, 0.2) is 10.9 Å². The Hall–Kier alpha value is -1.95. The van der Waals surface area contributed by atoms with Crippen molar-refractivity contribution >= 4 is 61.6 Å². The average molecular weight is 365 g/mol. The third-order valence-corrected chi connectivity index (χ3v) is 4.96. The third-order valence-electron chi connectivity index (χ3n) is 3.22. The van der Waals surface area contributed by atoms with Crippen LogP contribution in [-0.2, 0) is 0 Å². The van der Waals surface area contributed by atoms with Crippen LogP contribution in [0.3, 0.4) is 0 Å². The van der Waals surface area contributed by atoms with Crippen LogP contribution in [-0.4, -0.2) is 16.7 Å². The van der Waals surface area contributed by atoms with Crippen molar-refractivity contribution in [3.8, 4) is 0 Å². The summed E-state index contributed by atoms with van der Waals surface area (Å²) in [5, 5.41) is 4.14. The smallest absolute Gasteiger partial charge is 0.257 e. The van der Waals surface area contributed by atoms with Crippen molar-refractivity contribution in [2.45, 2.75) is 6.92 Å². The molecular weight excluding hydrogens is 355 g/mol. The molecule has 0 unspecified atom stereocenters. The maximum absolute atomic E-state index is 12.2. The van der Waals surface area contributed by atoms with Gasteiger partial charge in [-0.15, -0.1) is 0 Å². The van der Waals surface area contributed by atoms with Gasteiger partial charge in [-0.1, -0.05) is 46.7 Å². The molecule has 1 amide bonds. The predicted octanol–water partition coefficient (Wildman–Crippen LogP) is 5.06. The van der Waals surface area contributed by atoms with E-state index in [0.29, 0.717) is 31.8 Å². The van der Waals surface area contributed by atoms with E-state index in [4.69, 9.17) is 23.2 Å². The molecule has 0 atom stereocenters. The number of thiazole rings is 1. The van der Waals surface area contributed by atoms with Gasteiger partial charge in [-0.25, -0.2) is 4.98 Å². The summed E-state index contributed by atoms with van der Waals surface area (Å²) in [6, 6.07) is 9.78. The predicted molar refractivity (Wildman–Crippen MR) is 94.0 cm³/mol. The number of benzene rings is 2. The molecule has 0 aliphatic carbocycles. The quantitative estimate of drug-likeness (QED) is 0.660. The van der Waals surface area contributed by atoms with Crippen LogP contribution in [0, 0.1) is 0 Å². The Bertz CT molecular complexity index is 881. The van der Waals surface area contributed by atoms with Gasteiger partial charge in [-0.05, 0) is 31.2 Å². The first-order valence-corrected chi connectivity index (χ1v) is 8.20. The third kappa shape index (κ3) is 3.22. The molecule has 3 rings (SSSR count). The molecule has 0 fully saturated rings. The first kappa shape index (κ1) is 15.9. The van der Waals surface area contributed by atoms with Crippen molar-refractivity contribution in [2.75, 3.05) is 5.32 Å². The number of Topliss-reactive ketones (excluding diaryl/α,β-unsaturated/α-hetero) is 1. The summed E-state index contributed by atoms with van der Waals surface area (Å²) < 4.78 is 0.724. The minimum Gasteiger partial charge on any atom is -0.298 e. The van der Waals surface area contributed by atoms with Gasteiger partial charge in [0.05, 0.1) is 14.7 Å². The number of fused-ring (bicyclic) bond motifs is 1. The number of amides is 1. The second-order valence-corrected chi connectivity index (χ2v) is 6.63. The lowest BCUT2D eigenvalue weighted by molar-refractivity contribution is 0.101. The number of halogens is 2. The molecule has 0 saturated carbocycles. The largest absolute Gasteiger partial charge is 0.298 e. The Kier molecular flexibility index (Phi) is 4.35. The van der Waals surface area contributed by atoms with Gasteiger partial charge in [0, 0.05) is 11.1 Å². The molecule has 1 heterocycles.